The second-order valence-corrected chi connectivity index (χ2v) is 15.3. The maximum atomic E-state index is 5.21. The van der Waals surface area contributed by atoms with Gasteiger partial charge in [0.2, 0.25) is 0 Å². The Morgan fingerprint density at radius 2 is 1.05 bits per heavy atom. The molecule has 0 saturated carbocycles. The number of nitrogens with zero attached hydrogens (tertiary/aromatic N) is 6. The van der Waals surface area contributed by atoms with Crippen molar-refractivity contribution in [1.29, 1.82) is 0 Å². The molecule has 0 spiro atoms. The zero-order chi connectivity index (χ0) is 38.6. The summed E-state index contributed by atoms with van der Waals surface area (Å²) >= 11 is 0. The highest BCUT2D eigenvalue weighted by molar-refractivity contribution is 6.27. The number of benzene rings is 9. The van der Waals surface area contributed by atoms with Gasteiger partial charge in [-0.25, -0.2) is 14.5 Å². The van der Waals surface area contributed by atoms with Crippen molar-refractivity contribution >= 4 is 81.8 Å². The first kappa shape index (κ1) is 32.0. The Hall–Kier alpha value is -8.09. The van der Waals surface area contributed by atoms with Crippen LogP contribution in [0.3, 0.4) is 0 Å². The molecule has 13 aromatic rings. The van der Waals surface area contributed by atoms with Crippen LogP contribution in [-0.2, 0) is 0 Å². The van der Waals surface area contributed by atoms with E-state index in [0.29, 0.717) is 5.82 Å². The molecular formula is C53H32N6. The van der Waals surface area contributed by atoms with E-state index in [-0.39, 0.29) is 0 Å². The van der Waals surface area contributed by atoms with E-state index in [2.05, 4.69) is 167 Å². The van der Waals surface area contributed by atoms with Crippen molar-refractivity contribution in [2.45, 2.75) is 0 Å². The van der Waals surface area contributed by atoms with Crippen LogP contribution in [0.15, 0.2) is 194 Å². The Morgan fingerprint density at radius 3 is 1.88 bits per heavy atom. The lowest BCUT2D eigenvalue weighted by atomic mass is 10.0. The van der Waals surface area contributed by atoms with Gasteiger partial charge in [0, 0.05) is 44.0 Å². The smallest absolute Gasteiger partial charge is 0.182 e. The maximum absolute atomic E-state index is 5.21. The van der Waals surface area contributed by atoms with Crippen LogP contribution in [0.5, 0.6) is 0 Å². The molecule has 0 amide bonds. The SMILES string of the molecule is c1ccc(-c2nc3ccccc3n3nc(-c4cccc(-n5c6ccccc6c6ccc7c(c8cc9cc%10ccccc%10cc9cc8n7-c7ccccc7)c65)c4)nc23)cc1. The van der Waals surface area contributed by atoms with Crippen molar-refractivity contribution in [3.8, 4) is 34.0 Å². The molecule has 59 heavy (non-hydrogen) atoms. The minimum absolute atomic E-state index is 0.646. The molecule has 9 aromatic carbocycles. The summed E-state index contributed by atoms with van der Waals surface area (Å²) in [5.74, 6) is 0.646. The second kappa shape index (κ2) is 12.2. The molecule has 0 atom stereocenters. The predicted octanol–water partition coefficient (Wildman–Crippen LogP) is 13.1. The lowest BCUT2D eigenvalue weighted by Gasteiger charge is -2.11. The summed E-state index contributed by atoms with van der Waals surface area (Å²) in [5, 5.41) is 14.9. The Morgan fingerprint density at radius 1 is 0.373 bits per heavy atom. The molecule has 0 bridgehead atoms. The van der Waals surface area contributed by atoms with Gasteiger partial charge in [-0.3, -0.25) is 0 Å². The summed E-state index contributed by atoms with van der Waals surface area (Å²) in [6.07, 6.45) is 0. The molecule has 0 aliphatic heterocycles. The highest BCUT2D eigenvalue weighted by Crippen LogP contribution is 2.43. The highest BCUT2D eigenvalue weighted by atomic mass is 15.3. The van der Waals surface area contributed by atoms with Crippen molar-refractivity contribution in [2.24, 2.45) is 0 Å². The Bertz CT molecular complexity index is 3840. The summed E-state index contributed by atoms with van der Waals surface area (Å²) < 4.78 is 6.82. The van der Waals surface area contributed by atoms with Gasteiger partial charge in [-0.15, -0.1) is 5.10 Å². The molecule has 6 nitrogen and oxygen atoms in total. The third-order valence-corrected chi connectivity index (χ3v) is 12.0. The average Bonchev–Trinajstić information content (AvgIpc) is 3.99. The number of para-hydroxylation sites is 4. The third-order valence-electron chi connectivity index (χ3n) is 12.0. The van der Waals surface area contributed by atoms with Gasteiger partial charge in [-0.05, 0) is 94.3 Å². The van der Waals surface area contributed by atoms with E-state index < -0.39 is 0 Å². The number of aromatic nitrogens is 6. The first-order valence-electron chi connectivity index (χ1n) is 20.0. The molecule has 0 fully saturated rings. The zero-order valence-electron chi connectivity index (χ0n) is 31.7. The highest BCUT2D eigenvalue weighted by Gasteiger charge is 2.23. The average molecular weight is 753 g/mol. The van der Waals surface area contributed by atoms with Crippen LogP contribution in [0.4, 0.5) is 0 Å². The molecule has 0 unspecified atom stereocenters. The van der Waals surface area contributed by atoms with E-state index in [1.54, 1.807) is 0 Å². The number of hydrogen-bond acceptors (Lipinski definition) is 3. The third kappa shape index (κ3) is 4.71. The van der Waals surface area contributed by atoms with Gasteiger partial charge < -0.3 is 9.13 Å². The zero-order valence-corrected chi connectivity index (χ0v) is 31.7. The molecule has 4 heterocycles. The van der Waals surface area contributed by atoms with Gasteiger partial charge in [0.1, 0.15) is 5.69 Å². The normalized spacial score (nSPS) is 12.1. The Kier molecular flexibility index (Phi) is 6.63. The van der Waals surface area contributed by atoms with Crippen LogP contribution in [-0.4, -0.2) is 28.7 Å². The molecule has 6 heteroatoms. The molecule has 0 N–H and O–H groups in total. The summed E-state index contributed by atoms with van der Waals surface area (Å²) in [5.41, 5.74) is 12.1. The van der Waals surface area contributed by atoms with Crippen molar-refractivity contribution in [1.82, 2.24) is 28.7 Å². The van der Waals surface area contributed by atoms with Crippen molar-refractivity contribution in [3.05, 3.63) is 194 Å². The molecule has 274 valence electrons. The summed E-state index contributed by atoms with van der Waals surface area (Å²) in [6.45, 7) is 0. The molecule has 0 aliphatic carbocycles. The second-order valence-electron chi connectivity index (χ2n) is 15.3. The van der Waals surface area contributed by atoms with Crippen molar-refractivity contribution < 1.29 is 0 Å². The molecular weight excluding hydrogens is 721 g/mol. The fraction of sp³-hybridized carbons (Fsp3) is 0. The summed E-state index contributed by atoms with van der Waals surface area (Å²) in [6, 6.07) is 69.2. The first-order valence-corrected chi connectivity index (χ1v) is 20.0. The molecule has 13 rings (SSSR count). The van der Waals surface area contributed by atoms with Crippen LogP contribution in [0.1, 0.15) is 0 Å². The minimum Gasteiger partial charge on any atom is -0.309 e. The van der Waals surface area contributed by atoms with Gasteiger partial charge in [0.15, 0.2) is 11.5 Å². The maximum Gasteiger partial charge on any atom is 0.182 e. The van der Waals surface area contributed by atoms with Crippen LogP contribution < -0.4 is 0 Å². The van der Waals surface area contributed by atoms with Crippen LogP contribution >= 0.6 is 0 Å². The lowest BCUT2D eigenvalue weighted by Crippen LogP contribution is -1.97. The van der Waals surface area contributed by atoms with Crippen LogP contribution in [0.2, 0.25) is 0 Å². The van der Waals surface area contributed by atoms with Crippen LogP contribution in [0, 0.1) is 0 Å². The first-order chi connectivity index (χ1) is 29.2. The fourth-order valence-corrected chi connectivity index (χ4v) is 9.35. The molecule has 0 radical (unpaired) electrons. The van der Waals surface area contributed by atoms with Crippen molar-refractivity contribution in [3.63, 3.8) is 0 Å². The Balaban J connectivity index is 1.11. The fourth-order valence-electron chi connectivity index (χ4n) is 9.35. The number of rotatable bonds is 4. The Labute approximate surface area is 337 Å². The van der Waals surface area contributed by atoms with Gasteiger partial charge in [0.05, 0.1) is 33.1 Å². The van der Waals surface area contributed by atoms with E-state index in [1.165, 1.54) is 54.1 Å². The molecule has 0 aliphatic rings. The molecule has 4 aromatic heterocycles. The topological polar surface area (TPSA) is 52.9 Å². The van der Waals surface area contributed by atoms with E-state index in [9.17, 15) is 0 Å². The van der Waals surface area contributed by atoms with Crippen LogP contribution in [0.25, 0.3) is 116 Å². The van der Waals surface area contributed by atoms with Gasteiger partial charge in [-0.1, -0.05) is 121 Å². The summed E-state index contributed by atoms with van der Waals surface area (Å²) in [7, 11) is 0. The van der Waals surface area contributed by atoms with E-state index in [0.717, 1.165) is 55.9 Å². The lowest BCUT2D eigenvalue weighted by molar-refractivity contribution is 1.00. The quantitative estimate of drug-likeness (QED) is 0.168. The van der Waals surface area contributed by atoms with Gasteiger partial charge in [0.25, 0.3) is 0 Å². The van der Waals surface area contributed by atoms with Crippen molar-refractivity contribution in [2.75, 3.05) is 0 Å². The number of fused-ring (bicyclic) bond motifs is 12. The predicted molar refractivity (Wildman–Crippen MR) is 243 cm³/mol. The minimum atomic E-state index is 0.646. The monoisotopic (exact) mass is 752 g/mol. The molecule has 0 saturated heterocycles. The van der Waals surface area contributed by atoms with Gasteiger partial charge in [-0.2, -0.15) is 0 Å². The van der Waals surface area contributed by atoms with E-state index in [4.69, 9.17) is 15.1 Å². The van der Waals surface area contributed by atoms with E-state index >= 15 is 0 Å². The van der Waals surface area contributed by atoms with E-state index in [1.807, 2.05) is 40.9 Å². The summed E-state index contributed by atoms with van der Waals surface area (Å²) in [4.78, 5) is 10.3. The standard InChI is InChI=1S/C53H32N6/c1-3-14-33(15-4-1)50-53-55-52(56-59(53)46-25-12-10-23-44(46)54-50)36-18-13-21-40(30-36)58-45-24-11-9-22-41(45)42-26-27-47-49(51(42)58)43-31-37-28-34-16-7-8-17-35(34)29-38(37)32-48(43)57(47)39-19-5-2-6-20-39/h1-32H. The van der Waals surface area contributed by atoms with Gasteiger partial charge >= 0.3 is 0 Å². The largest absolute Gasteiger partial charge is 0.309 e. The number of hydrogen-bond donors (Lipinski definition) is 0.